The summed E-state index contributed by atoms with van der Waals surface area (Å²) in [6.07, 6.45) is 10.2. The van der Waals surface area contributed by atoms with Crippen molar-refractivity contribution in [1.29, 1.82) is 0 Å². The molecule has 1 aliphatic carbocycles. The molecule has 1 saturated heterocycles. The van der Waals surface area contributed by atoms with Crippen LogP contribution in [0.3, 0.4) is 0 Å². The van der Waals surface area contributed by atoms with E-state index in [0.717, 1.165) is 12.5 Å². The minimum Gasteiger partial charge on any atom is -0.384 e. The Bertz CT molecular complexity index is 790. The maximum atomic E-state index is 6.83. The SMILES string of the molecule is Cc1ccc(-c2ccc3c(c2)C2OC(C4CCCCC4)CCC2CN3)cc1. The van der Waals surface area contributed by atoms with Crippen LogP contribution in [-0.4, -0.2) is 12.6 Å². The van der Waals surface area contributed by atoms with Gasteiger partial charge in [0, 0.05) is 23.7 Å². The van der Waals surface area contributed by atoms with Gasteiger partial charge in [-0.3, -0.25) is 0 Å². The van der Waals surface area contributed by atoms with Crippen LogP contribution in [0, 0.1) is 18.8 Å². The summed E-state index contributed by atoms with van der Waals surface area (Å²) in [5.41, 5.74) is 6.57. The topological polar surface area (TPSA) is 21.3 Å². The normalized spacial score (nSPS) is 28.1. The number of fused-ring (bicyclic) bond motifs is 3. The van der Waals surface area contributed by atoms with Gasteiger partial charge in [-0.2, -0.15) is 0 Å². The molecule has 0 aromatic heterocycles. The van der Waals surface area contributed by atoms with Gasteiger partial charge in [0.05, 0.1) is 12.2 Å². The number of aryl methyl sites for hydroxylation is 1. The van der Waals surface area contributed by atoms with Crippen molar-refractivity contribution in [2.45, 2.75) is 64.1 Å². The molecular weight excluding hydrogens is 330 g/mol. The van der Waals surface area contributed by atoms with Gasteiger partial charge in [-0.15, -0.1) is 0 Å². The van der Waals surface area contributed by atoms with Crippen molar-refractivity contribution in [3.8, 4) is 11.1 Å². The Hall–Kier alpha value is -1.80. The molecule has 3 aliphatic rings. The largest absolute Gasteiger partial charge is 0.384 e. The molecule has 2 aliphatic heterocycles. The van der Waals surface area contributed by atoms with E-state index in [1.54, 1.807) is 0 Å². The van der Waals surface area contributed by atoms with E-state index in [1.165, 1.54) is 72.9 Å². The summed E-state index contributed by atoms with van der Waals surface area (Å²) in [4.78, 5) is 0. The van der Waals surface area contributed by atoms with Crippen LogP contribution < -0.4 is 5.32 Å². The Morgan fingerprint density at radius 1 is 0.815 bits per heavy atom. The summed E-state index contributed by atoms with van der Waals surface area (Å²) in [5.74, 6) is 1.41. The summed E-state index contributed by atoms with van der Waals surface area (Å²) in [7, 11) is 0. The van der Waals surface area contributed by atoms with E-state index in [-0.39, 0.29) is 6.10 Å². The molecule has 2 aromatic rings. The molecule has 0 radical (unpaired) electrons. The van der Waals surface area contributed by atoms with E-state index >= 15 is 0 Å². The van der Waals surface area contributed by atoms with Gasteiger partial charge in [-0.25, -0.2) is 0 Å². The summed E-state index contributed by atoms with van der Waals surface area (Å²) in [5, 5.41) is 3.66. The van der Waals surface area contributed by atoms with Gasteiger partial charge in [0.2, 0.25) is 0 Å². The Morgan fingerprint density at radius 3 is 2.41 bits per heavy atom. The molecule has 2 aromatic carbocycles. The highest BCUT2D eigenvalue weighted by atomic mass is 16.5. The third kappa shape index (κ3) is 3.40. The minimum atomic E-state index is 0.271. The number of ether oxygens (including phenoxy) is 1. The van der Waals surface area contributed by atoms with E-state index < -0.39 is 0 Å². The molecule has 1 N–H and O–H groups in total. The van der Waals surface area contributed by atoms with Crippen molar-refractivity contribution in [2.24, 2.45) is 11.8 Å². The fraction of sp³-hybridized carbons (Fsp3) is 0.520. The smallest absolute Gasteiger partial charge is 0.0893 e. The fourth-order valence-electron chi connectivity index (χ4n) is 5.41. The van der Waals surface area contributed by atoms with Crippen LogP contribution in [0.4, 0.5) is 5.69 Å². The zero-order valence-electron chi connectivity index (χ0n) is 16.4. The standard InChI is InChI=1S/C25H31NO/c1-17-7-9-18(10-8-17)20-11-13-23-22(15-20)25-21(16-26-23)12-14-24(27-25)19-5-3-2-4-6-19/h7-11,13,15,19,21,24-26H,2-6,12,14,16H2,1H3. The number of rotatable bonds is 2. The van der Waals surface area contributed by atoms with Crippen LogP contribution in [0.5, 0.6) is 0 Å². The molecule has 5 rings (SSSR count). The first-order chi connectivity index (χ1) is 13.3. The van der Waals surface area contributed by atoms with Crippen molar-refractivity contribution < 1.29 is 4.74 Å². The van der Waals surface area contributed by atoms with E-state index in [2.05, 4.69) is 54.7 Å². The molecule has 2 heterocycles. The predicted octanol–water partition coefficient (Wildman–Crippen LogP) is 6.50. The zero-order valence-corrected chi connectivity index (χ0v) is 16.4. The van der Waals surface area contributed by atoms with Gasteiger partial charge in [0.25, 0.3) is 0 Å². The molecule has 0 amide bonds. The van der Waals surface area contributed by atoms with E-state index in [4.69, 9.17) is 4.74 Å². The van der Waals surface area contributed by atoms with E-state index in [9.17, 15) is 0 Å². The Morgan fingerprint density at radius 2 is 1.59 bits per heavy atom. The second-order valence-electron chi connectivity index (χ2n) is 8.88. The van der Waals surface area contributed by atoms with Gasteiger partial charge in [0.15, 0.2) is 0 Å². The molecule has 142 valence electrons. The van der Waals surface area contributed by atoms with Crippen LogP contribution in [0.25, 0.3) is 11.1 Å². The molecule has 2 nitrogen and oxygen atoms in total. The van der Waals surface area contributed by atoms with Gasteiger partial charge < -0.3 is 10.1 Å². The highest BCUT2D eigenvalue weighted by Crippen LogP contribution is 2.46. The Labute approximate surface area is 163 Å². The lowest BCUT2D eigenvalue weighted by atomic mass is 9.78. The minimum absolute atomic E-state index is 0.271. The average Bonchev–Trinajstić information content (AvgIpc) is 2.74. The van der Waals surface area contributed by atoms with Gasteiger partial charge in [-0.05, 0) is 61.8 Å². The summed E-state index contributed by atoms with van der Waals surface area (Å²) < 4.78 is 6.83. The lowest BCUT2D eigenvalue weighted by Crippen LogP contribution is -2.40. The first kappa shape index (κ1) is 17.3. The number of benzene rings is 2. The first-order valence-electron chi connectivity index (χ1n) is 10.9. The average molecular weight is 362 g/mol. The lowest BCUT2D eigenvalue weighted by molar-refractivity contribution is -0.113. The molecule has 1 saturated carbocycles. The summed E-state index contributed by atoms with van der Waals surface area (Å²) in [6, 6.07) is 15.8. The number of hydrogen-bond acceptors (Lipinski definition) is 2. The predicted molar refractivity (Wildman–Crippen MR) is 112 cm³/mol. The number of hydrogen-bond donors (Lipinski definition) is 1. The maximum Gasteiger partial charge on any atom is 0.0893 e. The molecule has 2 fully saturated rings. The van der Waals surface area contributed by atoms with Crippen molar-refractivity contribution in [2.75, 3.05) is 11.9 Å². The third-order valence-electron chi connectivity index (χ3n) is 7.04. The molecular formula is C25H31NO. The van der Waals surface area contributed by atoms with Crippen molar-refractivity contribution in [3.05, 3.63) is 53.6 Å². The second kappa shape index (κ2) is 7.31. The highest BCUT2D eigenvalue weighted by Gasteiger charge is 2.39. The van der Waals surface area contributed by atoms with Gasteiger partial charge in [0.1, 0.15) is 0 Å². The quantitative estimate of drug-likeness (QED) is 0.659. The van der Waals surface area contributed by atoms with Crippen LogP contribution in [0.2, 0.25) is 0 Å². The molecule has 0 bridgehead atoms. The highest BCUT2D eigenvalue weighted by molar-refractivity contribution is 5.70. The molecule has 2 heteroatoms. The van der Waals surface area contributed by atoms with Gasteiger partial charge >= 0.3 is 0 Å². The zero-order chi connectivity index (χ0) is 18.2. The van der Waals surface area contributed by atoms with E-state index in [0.29, 0.717) is 12.0 Å². The van der Waals surface area contributed by atoms with Crippen molar-refractivity contribution >= 4 is 5.69 Å². The van der Waals surface area contributed by atoms with Crippen LogP contribution in [0.1, 0.15) is 62.2 Å². The maximum absolute atomic E-state index is 6.83. The first-order valence-corrected chi connectivity index (χ1v) is 10.9. The lowest BCUT2D eigenvalue weighted by Gasteiger charge is -2.44. The molecule has 3 atom stereocenters. The Balaban J connectivity index is 1.43. The monoisotopic (exact) mass is 361 g/mol. The van der Waals surface area contributed by atoms with Crippen LogP contribution >= 0.6 is 0 Å². The fourth-order valence-corrected chi connectivity index (χ4v) is 5.41. The summed E-state index contributed by atoms with van der Waals surface area (Å²) in [6.45, 7) is 3.20. The number of anilines is 1. The van der Waals surface area contributed by atoms with Crippen molar-refractivity contribution in [3.63, 3.8) is 0 Å². The van der Waals surface area contributed by atoms with Crippen LogP contribution in [0.15, 0.2) is 42.5 Å². The van der Waals surface area contributed by atoms with Crippen LogP contribution in [-0.2, 0) is 4.74 Å². The number of nitrogens with one attached hydrogen (secondary N) is 1. The van der Waals surface area contributed by atoms with E-state index in [1.807, 2.05) is 0 Å². The Kier molecular flexibility index (Phi) is 4.69. The molecule has 27 heavy (non-hydrogen) atoms. The molecule has 0 spiro atoms. The second-order valence-corrected chi connectivity index (χ2v) is 8.88. The summed E-state index contributed by atoms with van der Waals surface area (Å²) >= 11 is 0. The third-order valence-corrected chi connectivity index (χ3v) is 7.04. The van der Waals surface area contributed by atoms with Gasteiger partial charge in [-0.1, -0.05) is 55.2 Å². The molecule has 3 unspecified atom stereocenters. The van der Waals surface area contributed by atoms with Crippen molar-refractivity contribution in [1.82, 2.24) is 0 Å².